The van der Waals surface area contributed by atoms with E-state index in [1.807, 2.05) is 0 Å². The maximum atomic E-state index is 12.6. The molecule has 1 aliphatic carbocycles. The zero-order valence-electron chi connectivity index (χ0n) is 9.94. The van der Waals surface area contributed by atoms with Crippen LogP contribution in [0.25, 0.3) is 0 Å². The van der Waals surface area contributed by atoms with Gasteiger partial charge in [-0.2, -0.15) is 18.3 Å². The van der Waals surface area contributed by atoms with E-state index < -0.39 is 11.7 Å². The highest BCUT2D eigenvalue weighted by atomic mass is 19.4. The molecule has 100 valence electrons. The van der Waals surface area contributed by atoms with Gasteiger partial charge >= 0.3 is 6.18 Å². The van der Waals surface area contributed by atoms with Crippen molar-refractivity contribution in [1.29, 1.82) is 0 Å². The number of fused-ring (bicyclic) bond motifs is 1. The van der Waals surface area contributed by atoms with E-state index in [2.05, 4.69) is 5.10 Å². The average molecular weight is 268 g/mol. The Balaban J connectivity index is 1.96. The lowest BCUT2D eigenvalue weighted by molar-refractivity contribution is -0.137. The highest BCUT2D eigenvalue weighted by Crippen LogP contribution is 2.36. The van der Waals surface area contributed by atoms with Crippen LogP contribution in [0.2, 0.25) is 0 Å². The van der Waals surface area contributed by atoms with Crippen molar-refractivity contribution in [3.05, 3.63) is 29.8 Å². The minimum Gasteiger partial charge on any atom is -0.272 e. The summed E-state index contributed by atoms with van der Waals surface area (Å²) in [7, 11) is 0. The molecule has 1 amide bonds. The number of hydrazone groups is 1. The van der Waals surface area contributed by atoms with Gasteiger partial charge in [-0.25, -0.2) is 5.01 Å². The largest absolute Gasteiger partial charge is 0.416 e. The van der Waals surface area contributed by atoms with Gasteiger partial charge in [-0.1, -0.05) is 6.07 Å². The van der Waals surface area contributed by atoms with Gasteiger partial charge in [0.15, 0.2) is 0 Å². The smallest absolute Gasteiger partial charge is 0.272 e. The fourth-order valence-electron chi connectivity index (χ4n) is 2.54. The van der Waals surface area contributed by atoms with Crippen molar-refractivity contribution in [2.24, 2.45) is 11.0 Å². The first-order valence-corrected chi connectivity index (χ1v) is 6.05. The molecule has 19 heavy (non-hydrogen) atoms. The molecule has 0 spiro atoms. The number of benzene rings is 1. The lowest BCUT2D eigenvalue weighted by Gasteiger charge is -2.15. The van der Waals surface area contributed by atoms with E-state index in [4.69, 9.17) is 0 Å². The third-order valence-electron chi connectivity index (χ3n) is 3.48. The molecule has 0 aromatic heterocycles. The van der Waals surface area contributed by atoms with Crippen LogP contribution in [-0.4, -0.2) is 11.6 Å². The summed E-state index contributed by atoms with van der Waals surface area (Å²) in [5.41, 5.74) is 0.208. The van der Waals surface area contributed by atoms with Crippen molar-refractivity contribution in [3.63, 3.8) is 0 Å². The van der Waals surface area contributed by atoms with E-state index in [-0.39, 0.29) is 17.5 Å². The number of hydrogen-bond acceptors (Lipinski definition) is 2. The van der Waals surface area contributed by atoms with Crippen LogP contribution in [0.15, 0.2) is 29.4 Å². The standard InChI is InChI=1S/C13H11F3N2O/c14-13(15,16)8-3-1-4-9(7-8)18-12(19)10-5-2-6-11(10)17-18/h1,3-4,7,10H,2,5-6H2. The Kier molecular flexibility index (Phi) is 2.62. The number of amides is 1. The number of carbonyl (C=O) groups excluding carboxylic acids is 1. The number of rotatable bonds is 1. The summed E-state index contributed by atoms with van der Waals surface area (Å²) in [6.45, 7) is 0. The van der Waals surface area contributed by atoms with Crippen LogP contribution in [0.1, 0.15) is 24.8 Å². The van der Waals surface area contributed by atoms with Gasteiger partial charge < -0.3 is 0 Å². The molecule has 3 rings (SSSR count). The molecule has 1 aromatic rings. The summed E-state index contributed by atoms with van der Waals surface area (Å²) in [4.78, 5) is 12.1. The number of hydrogen-bond donors (Lipinski definition) is 0. The molecule has 1 aliphatic heterocycles. The van der Waals surface area contributed by atoms with E-state index in [0.29, 0.717) is 0 Å². The second kappa shape index (κ2) is 4.08. The zero-order chi connectivity index (χ0) is 13.6. The highest BCUT2D eigenvalue weighted by Gasteiger charge is 2.40. The molecule has 2 aliphatic rings. The first-order chi connectivity index (χ1) is 8.97. The van der Waals surface area contributed by atoms with Crippen LogP contribution < -0.4 is 5.01 Å². The number of halogens is 3. The van der Waals surface area contributed by atoms with Crippen molar-refractivity contribution in [2.75, 3.05) is 5.01 Å². The average Bonchev–Trinajstić information content (AvgIpc) is 2.92. The van der Waals surface area contributed by atoms with Gasteiger partial charge in [0.1, 0.15) is 0 Å². The minimum atomic E-state index is -4.41. The Morgan fingerprint density at radius 3 is 2.79 bits per heavy atom. The number of nitrogens with zero attached hydrogens (tertiary/aromatic N) is 2. The summed E-state index contributed by atoms with van der Waals surface area (Å²) in [6.07, 6.45) is -1.99. The molecule has 1 saturated carbocycles. The first-order valence-electron chi connectivity index (χ1n) is 6.05. The van der Waals surface area contributed by atoms with Crippen LogP contribution in [0.5, 0.6) is 0 Å². The van der Waals surface area contributed by atoms with E-state index in [9.17, 15) is 18.0 Å². The molecule has 3 nitrogen and oxygen atoms in total. The maximum Gasteiger partial charge on any atom is 0.416 e. The summed E-state index contributed by atoms with van der Waals surface area (Å²) in [6, 6.07) is 4.71. The van der Waals surface area contributed by atoms with Crippen LogP contribution in [0.3, 0.4) is 0 Å². The molecular weight excluding hydrogens is 257 g/mol. The lowest BCUT2D eigenvalue weighted by atomic mass is 10.1. The van der Waals surface area contributed by atoms with Crippen molar-refractivity contribution >= 4 is 17.3 Å². The Morgan fingerprint density at radius 1 is 1.32 bits per heavy atom. The Hall–Kier alpha value is -1.85. The number of anilines is 1. The third kappa shape index (κ3) is 2.01. The van der Waals surface area contributed by atoms with E-state index >= 15 is 0 Å². The van der Waals surface area contributed by atoms with Crippen LogP contribution >= 0.6 is 0 Å². The summed E-state index contributed by atoms with van der Waals surface area (Å²) in [5, 5.41) is 5.26. The maximum absolute atomic E-state index is 12.6. The molecule has 1 aromatic carbocycles. The number of alkyl halides is 3. The summed E-state index contributed by atoms with van der Waals surface area (Å²) < 4.78 is 37.9. The molecular formula is C13H11F3N2O. The monoisotopic (exact) mass is 268 g/mol. The van der Waals surface area contributed by atoms with E-state index in [0.717, 1.165) is 42.1 Å². The SMILES string of the molecule is O=C1C2CCCC2=NN1c1cccc(C(F)(F)F)c1. The molecule has 0 saturated heterocycles. The van der Waals surface area contributed by atoms with Gasteiger partial charge in [0.25, 0.3) is 5.91 Å². The molecule has 0 bridgehead atoms. The predicted molar refractivity (Wildman–Crippen MR) is 63.7 cm³/mol. The topological polar surface area (TPSA) is 32.7 Å². The third-order valence-corrected chi connectivity index (χ3v) is 3.48. The van der Waals surface area contributed by atoms with E-state index in [1.165, 1.54) is 12.1 Å². The summed E-state index contributed by atoms with van der Waals surface area (Å²) >= 11 is 0. The summed E-state index contributed by atoms with van der Waals surface area (Å²) in [5.74, 6) is -0.443. The van der Waals surface area contributed by atoms with Gasteiger partial charge in [0.05, 0.1) is 22.9 Å². The molecule has 1 heterocycles. The van der Waals surface area contributed by atoms with Crippen molar-refractivity contribution in [3.8, 4) is 0 Å². The Bertz CT molecular complexity index is 565. The van der Waals surface area contributed by atoms with Gasteiger partial charge in [0, 0.05) is 0 Å². The second-order valence-electron chi connectivity index (χ2n) is 4.73. The van der Waals surface area contributed by atoms with E-state index in [1.54, 1.807) is 0 Å². The van der Waals surface area contributed by atoms with Crippen LogP contribution in [0.4, 0.5) is 18.9 Å². The van der Waals surface area contributed by atoms with Crippen molar-refractivity contribution in [2.45, 2.75) is 25.4 Å². The van der Waals surface area contributed by atoms with Crippen molar-refractivity contribution in [1.82, 2.24) is 0 Å². The zero-order valence-corrected chi connectivity index (χ0v) is 9.94. The fraction of sp³-hybridized carbons (Fsp3) is 0.385. The second-order valence-corrected chi connectivity index (χ2v) is 4.73. The number of carbonyl (C=O) groups is 1. The Labute approximate surface area is 107 Å². The fourth-order valence-corrected chi connectivity index (χ4v) is 2.54. The van der Waals surface area contributed by atoms with Crippen molar-refractivity contribution < 1.29 is 18.0 Å². The molecule has 0 N–H and O–H groups in total. The Morgan fingerprint density at radius 2 is 2.11 bits per heavy atom. The molecule has 1 fully saturated rings. The van der Waals surface area contributed by atoms with Gasteiger partial charge in [-0.3, -0.25) is 4.79 Å². The van der Waals surface area contributed by atoms with Gasteiger partial charge in [0.2, 0.25) is 0 Å². The minimum absolute atomic E-state index is 0.182. The molecule has 1 atom stereocenters. The van der Waals surface area contributed by atoms with Gasteiger partial charge in [-0.15, -0.1) is 0 Å². The quantitative estimate of drug-likeness (QED) is 0.769. The molecule has 1 unspecified atom stereocenters. The molecule has 6 heteroatoms. The lowest BCUT2D eigenvalue weighted by Crippen LogP contribution is -2.26. The highest BCUT2D eigenvalue weighted by molar-refractivity contribution is 6.16. The van der Waals surface area contributed by atoms with Crippen LogP contribution in [-0.2, 0) is 11.0 Å². The first kappa shape index (κ1) is 12.2. The predicted octanol–water partition coefficient (Wildman–Crippen LogP) is 3.21. The normalized spacial score (nSPS) is 22.7. The van der Waals surface area contributed by atoms with Gasteiger partial charge in [-0.05, 0) is 37.5 Å². The van der Waals surface area contributed by atoms with Crippen LogP contribution in [0, 0.1) is 5.92 Å². The molecule has 0 radical (unpaired) electrons.